The Balaban J connectivity index is 1.50. The third-order valence-electron chi connectivity index (χ3n) is 9.85. The summed E-state index contributed by atoms with van der Waals surface area (Å²) >= 11 is 0. The molecule has 0 heterocycles. The van der Waals surface area contributed by atoms with Crippen molar-refractivity contribution >= 4 is 0 Å². The molecular formula is C26H42NO2+. The zero-order valence-electron chi connectivity index (χ0n) is 19.1. The summed E-state index contributed by atoms with van der Waals surface area (Å²) in [6.07, 6.45) is 8.91. The predicted octanol–water partition coefficient (Wildman–Crippen LogP) is 5.25. The highest BCUT2D eigenvalue weighted by Crippen LogP contribution is 2.65. The lowest BCUT2D eigenvalue weighted by molar-refractivity contribution is -0.906. The average molecular weight is 401 g/mol. The summed E-state index contributed by atoms with van der Waals surface area (Å²) in [7, 11) is 2.35. The number of aromatic hydroxyl groups is 1. The number of fused-ring (bicyclic) bond motifs is 5. The average Bonchev–Trinajstić information content (AvgIpc) is 2.98. The molecule has 1 aromatic carbocycles. The van der Waals surface area contributed by atoms with Gasteiger partial charge in [-0.2, -0.15) is 0 Å². The van der Waals surface area contributed by atoms with Crippen LogP contribution in [-0.2, 0) is 6.42 Å². The van der Waals surface area contributed by atoms with Crippen LogP contribution in [0.5, 0.6) is 5.75 Å². The monoisotopic (exact) mass is 400 g/mol. The molecule has 2 saturated carbocycles. The van der Waals surface area contributed by atoms with E-state index in [2.05, 4.69) is 33.9 Å². The number of phenolic OH excluding ortho intramolecular Hbond substituents is 1. The summed E-state index contributed by atoms with van der Waals surface area (Å²) in [6, 6.07) is 6.04. The number of phenols is 1. The first kappa shape index (κ1) is 21.2. The number of quaternary nitrogens is 1. The van der Waals surface area contributed by atoms with Gasteiger partial charge >= 0.3 is 0 Å². The van der Waals surface area contributed by atoms with Crippen molar-refractivity contribution < 1.29 is 14.7 Å². The SMILES string of the molecule is CC[N+](C)(CC)CCC[C@]1(O)CC[C@H]2[C@@H]3CCc4cc(O)ccc4[C@H]3CC[C@@]21C. The molecule has 0 aliphatic heterocycles. The van der Waals surface area contributed by atoms with Crippen LogP contribution in [0.1, 0.15) is 82.8 Å². The van der Waals surface area contributed by atoms with Gasteiger partial charge in [0.15, 0.2) is 0 Å². The second-order valence-corrected chi connectivity index (χ2v) is 10.9. The van der Waals surface area contributed by atoms with E-state index in [0.29, 0.717) is 23.5 Å². The summed E-state index contributed by atoms with van der Waals surface area (Å²) in [5.41, 5.74) is 2.43. The Hall–Kier alpha value is -1.06. The van der Waals surface area contributed by atoms with Crippen LogP contribution in [0.3, 0.4) is 0 Å². The fourth-order valence-corrected chi connectivity index (χ4v) is 7.38. The van der Waals surface area contributed by atoms with Gasteiger partial charge in [0.2, 0.25) is 0 Å². The van der Waals surface area contributed by atoms with E-state index in [1.807, 2.05) is 12.1 Å². The molecule has 162 valence electrons. The molecule has 3 aliphatic carbocycles. The lowest BCUT2D eigenvalue weighted by atomic mass is 9.53. The molecule has 1 aromatic rings. The lowest BCUT2D eigenvalue weighted by Crippen LogP contribution is -2.51. The highest BCUT2D eigenvalue weighted by molar-refractivity contribution is 5.40. The van der Waals surface area contributed by atoms with Crippen LogP contribution in [0, 0.1) is 17.3 Å². The molecular weight excluding hydrogens is 358 g/mol. The predicted molar refractivity (Wildman–Crippen MR) is 119 cm³/mol. The van der Waals surface area contributed by atoms with Gasteiger partial charge in [-0.15, -0.1) is 0 Å². The molecule has 0 aromatic heterocycles. The van der Waals surface area contributed by atoms with E-state index in [1.54, 1.807) is 0 Å². The van der Waals surface area contributed by atoms with Gasteiger partial charge in [0, 0.05) is 0 Å². The molecule has 2 fully saturated rings. The second-order valence-electron chi connectivity index (χ2n) is 10.9. The number of hydrogen-bond acceptors (Lipinski definition) is 2. The Labute approximate surface area is 177 Å². The zero-order valence-corrected chi connectivity index (χ0v) is 19.1. The normalized spacial score (nSPS) is 36.4. The molecule has 0 bridgehead atoms. The summed E-state index contributed by atoms with van der Waals surface area (Å²) < 4.78 is 1.12. The Morgan fingerprint density at radius 2 is 1.86 bits per heavy atom. The van der Waals surface area contributed by atoms with E-state index in [0.717, 1.165) is 36.6 Å². The Bertz CT molecular complexity index is 742. The maximum atomic E-state index is 11.9. The number of benzene rings is 1. The number of aliphatic hydroxyl groups is 1. The topological polar surface area (TPSA) is 40.5 Å². The van der Waals surface area contributed by atoms with Crippen molar-refractivity contribution in [2.24, 2.45) is 17.3 Å². The van der Waals surface area contributed by atoms with E-state index >= 15 is 0 Å². The smallest absolute Gasteiger partial charge is 0.115 e. The van der Waals surface area contributed by atoms with Crippen molar-refractivity contribution in [1.29, 1.82) is 0 Å². The zero-order chi connectivity index (χ0) is 20.9. The maximum Gasteiger partial charge on any atom is 0.115 e. The first-order valence-electron chi connectivity index (χ1n) is 12.1. The van der Waals surface area contributed by atoms with Crippen LogP contribution in [-0.4, -0.2) is 47.0 Å². The van der Waals surface area contributed by atoms with Crippen molar-refractivity contribution in [2.75, 3.05) is 26.7 Å². The Morgan fingerprint density at radius 3 is 2.59 bits per heavy atom. The fourth-order valence-electron chi connectivity index (χ4n) is 7.38. The summed E-state index contributed by atoms with van der Waals surface area (Å²) in [4.78, 5) is 0. The van der Waals surface area contributed by atoms with Crippen molar-refractivity contribution in [3.63, 3.8) is 0 Å². The van der Waals surface area contributed by atoms with Crippen molar-refractivity contribution in [3.8, 4) is 5.75 Å². The van der Waals surface area contributed by atoms with Crippen LogP contribution < -0.4 is 0 Å². The molecule has 0 unspecified atom stereocenters. The number of aryl methyl sites for hydroxylation is 1. The van der Waals surface area contributed by atoms with E-state index in [1.165, 1.54) is 50.0 Å². The van der Waals surface area contributed by atoms with Crippen molar-refractivity contribution in [3.05, 3.63) is 29.3 Å². The third-order valence-corrected chi connectivity index (χ3v) is 9.85. The highest BCUT2D eigenvalue weighted by Gasteiger charge is 2.61. The van der Waals surface area contributed by atoms with Crippen LogP contribution in [0.2, 0.25) is 0 Å². The van der Waals surface area contributed by atoms with E-state index < -0.39 is 5.60 Å². The summed E-state index contributed by atoms with van der Waals surface area (Å²) in [5, 5.41) is 21.8. The minimum Gasteiger partial charge on any atom is -0.508 e. The molecule has 2 N–H and O–H groups in total. The molecule has 3 heteroatoms. The molecule has 5 atom stereocenters. The Morgan fingerprint density at radius 1 is 1.10 bits per heavy atom. The van der Waals surface area contributed by atoms with Crippen LogP contribution in [0.25, 0.3) is 0 Å². The van der Waals surface area contributed by atoms with Crippen LogP contribution >= 0.6 is 0 Å². The lowest BCUT2D eigenvalue weighted by Gasteiger charge is -2.53. The number of nitrogens with zero attached hydrogens (tertiary/aromatic N) is 1. The van der Waals surface area contributed by atoms with Gasteiger partial charge < -0.3 is 14.7 Å². The number of rotatable bonds is 6. The third kappa shape index (κ3) is 3.43. The van der Waals surface area contributed by atoms with Crippen LogP contribution in [0.15, 0.2) is 18.2 Å². The standard InChI is InChI=1S/C26H41NO2/c1-5-27(4,6-2)17-7-14-26(29)16-13-24-23-10-8-19-18-20(28)9-11-21(19)22(23)12-15-25(24,26)3/h9,11,18,22-24,29H,5-8,10,12-17H2,1-4H3/p+1/t22-,23-,24+,25+,26+/m1/s1. The minimum atomic E-state index is -0.482. The quantitative estimate of drug-likeness (QED) is 0.641. The number of hydrogen-bond donors (Lipinski definition) is 2. The van der Waals surface area contributed by atoms with Gasteiger partial charge in [0.25, 0.3) is 0 Å². The molecule has 0 saturated heterocycles. The van der Waals surface area contributed by atoms with Gasteiger partial charge in [0.05, 0.1) is 32.3 Å². The van der Waals surface area contributed by atoms with Gasteiger partial charge in [-0.3, -0.25) is 0 Å². The van der Waals surface area contributed by atoms with E-state index in [-0.39, 0.29) is 5.41 Å². The molecule has 0 radical (unpaired) electrons. The largest absolute Gasteiger partial charge is 0.508 e. The fraction of sp³-hybridized carbons (Fsp3) is 0.769. The van der Waals surface area contributed by atoms with Crippen LogP contribution in [0.4, 0.5) is 0 Å². The first-order valence-corrected chi connectivity index (χ1v) is 12.1. The molecule has 29 heavy (non-hydrogen) atoms. The van der Waals surface area contributed by atoms with E-state index in [4.69, 9.17) is 0 Å². The van der Waals surface area contributed by atoms with Gasteiger partial charge in [-0.1, -0.05) is 13.0 Å². The maximum absolute atomic E-state index is 11.9. The molecule has 4 rings (SSSR count). The molecule has 3 aliphatic rings. The summed E-state index contributed by atoms with van der Waals surface area (Å²) in [5.74, 6) is 2.38. The minimum absolute atomic E-state index is 0.0738. The highest BCUT2D eigenvalue weighted by atomic mass is 16.3. The van der Waals surface area contributed by atoms with Gasteiger partial charge in [-0.05, 0) is 112 Å². The molecule has 3 nitrogen and oxygen atoms in total. The summed E-state index contributed by atoms with van der Waals surface area (Å²) in [6.45, 7) is 10.5. The molecule has 0 amide bonds. The van der Waals surface area contributed by atoms with Crippen molar-refractivity contribution in [2.45, 2.75) is 83.7 Å². The van der Waals surface area contributed by atoms with Gasteiger partial charge in [-0.25, -0.2) is 0 Å². The second kappa shape index (κ2) is 7.57. The Kier molecular flexibility index (Phi) is 5.53. The first-order chi connectivity index (χ1) is 13.8. The van der Waals surface area contributed by atoms with E-state index in [9.17, 15) is 10.2 Å². The van der Waals surface area contributed by atoms with Crippen molar-refractivity contribution in [1.82, 2.24) is 0 Å². The molecule has 0 spiro atoms. The van der Waals surface area contributed by atoms with Gasteiger partial charge in [0.1, 0.15) is 5.75 Å².